The summed E-state index contributed by atoms with van der Waals surface area (Å²) >= 11 is 0. The lowest BCUT2D eigenvalue weighted by Gasteiger charge is -2.43. The molecule has 0 bridgehead atoms. The molecule has 0 amide bonds. The maximum atomic E-state index is 11.0. The van der Waals surface area contributed by atoms with Gasteiger partial charge in [0.15, 0.2) is 6.10 Å². The highest BCUT2D eigenvalue weighted by molar-refractivity contribution is 5.75. The summed E-state index contributed by atoms with van der Waals surface area (Å²) in [4.78, 5) is 22.0. The van der Waals surface area contributed by atoms with Gasteiger partial charge in [0.25, 0.3) is 5.79 Å². The standard InChI is InChI=1S/C11H18O10/c1-4(13)20-8-5(14)2-11(19,10(17)18)21-9(8)7(16)6(15)3-12/h5-9,12,14-16,19H,2-3H2,1H3,(H,17,18)/t5-,6+,7+,8+,9-,11?/m0/s1. The van der Waals surface area contributed by atoms with Gasteiger partial charge in [-0.2, -0.15) is 0 Å². The summed E-state index contributed by atoms with van der Waals surface area (Å²) < 4.78 is 9.54. The highest BCUT2D eigenvalue weighted by Crippen LogP contribution is 2.32. The highest BCUT2D eigenvalue weighted by atomic mass is 16.7. The van der Waals surface area contributed by atoms with Crippen molar-refractivity contribution >= 4 is 11.9 Å². The normalized spacial score (nSPS) is 35.8. The summed E-state index contributed by atoms with van der Waals surface area (Å²) in [7, 11) is 0. The summed E-state index contributed by atoms with van der Waals surface area (Å²) in [5, 5.41) is 56.5. The van der Waals surface area contributed by atoms with Crippen LogP contribution in [0.4, 0.5) is 0 Å². The molecule has 1 unspecified atom stereocenters. The number of esters is 1. The van der Waals surface area contributed by atoms with Gasteiger partial charge >= 0.3 is 11.9 Å². The first-order valence-electron chi connectivity index (χ1n) is 6.08. The van der Waals surface area contributed by atoms with E-state index in [1.165, 1.54) is 0 Å². The Kier molecular flexibility index (Phi) is 5.61. The fourth-order valence-corrected chi connectivity index (χ4v) is 2.02. The smallest absolute Gasteiger partial charge is 0.364 e. The van der Waals surface area contributed by atoms with Crippen LogP contribution < -0.4 is 0 Å². The van der Waals surface area contributed by atoms with Crippen molar-refractivity contribution < 1.29 is 49.7 Å². The third-order valence-electron chi connectivity index (χ3n) is 3.07. The number of hydrogen-bond donors (Lipinski definition) is 6. The van der Waals surface area contributed by atoms with E-state index in [1.54, 1.807) is 0 Å². The Labute approximate surface area is 119 Å². The molecule has 1 aliphatic rings. The highest BCUT2D eigenvalue weighted by Gasteiger charge is 2.54. The first-order chi connectivity index (χ1) is 9.62. The van der Waals surface area contributed by atoms with Crippen LogP contribution in [0, 0.1) is 0 Å². The third-order valence-corrected chi connectivity index (χ3v) is 3.07. The van der Waals surface area contributed by atoms with Crippen LogP contribution >= 0.6 is 0 Å². The number of carboxylic acids is 1. The van der Waals surface area contributed by atoms with Crippen molar-refractivity contribution in [3.8, 4) is 0 Å². The molecular formula is C11H18O10. The molecule has 0 saturated carbocycles. The molecule has 0 spiro atoms. The summed E-state index contributed by atoms with van der Waals surface area (Å²) in [6.45, 7) is 0.117. The number of rotatable bonds is 5. The summed E-state index contributed by atoms with van der Waals surface area (Å²) in [5.41, 5.74) is 0. The second kappa shape index (κ2) is 6.64. The van der Waals surface area contributed by atoms with Gasteiger partial charge in [-0.1, -0.05) is 0 Å². The minimum Gasteiger partial charge on any atom is -0.477 e. The average molecular weight is 310 g/mol. The Bertz CT molecular complexity index is 398. The van der Waals surface area contributed by atoms with Crippen LogP contribution in [-0.2, 0) is 19.1 Å². The molecule has 1 rings (SSSR count). The second-order valence-electron chi connectivity index (χ2n) is 4.76. The quantitative estimate of drug-likeness (QED) is 0.280. The molecule has 6 atom stereocenters. The summed E-state index contributed by atoms with van der Waals surface area (Å²) in [6, 6.07) is 0. The van der Waals surface area contributed by atoms with Gasteiger partial charge in [-0.05, 0) is 0 Å². The Balaban J connectivity index is 3.07. The lowest BCUT2D eigenvalue weighted by molar-refractivity contribution is -0.314. The number of carbonyl (C=O) groups is 2. The van der Waals surface area contributed by atoms with Crippen LogP contribution in [0.5, 0.6) is 0 Å². The van der Waals surface area contributed by atoms with Crippen molar-refractivity contribution in [2.75, 3.05) is 6.61 Å². The van der Waals surface area contributed by atoms with Crippen molar-refractivity contribution in [3.63, 3.8) is 0 Å². The first-order valence-corrected chi connectivity index (χ1v) is 6.08. The van der Waals surface area contributed by atoms with Crippen LogP contribution in [0.15, 0.2) is 0 Å². The Hall–Kier alpha value is -1.30. The van der Waals surface area contributed by atoms with Crippen molar-refractivity contribution in [3.05, 3.63) is 0 Å². The first kappa shape index (κ1) is 17.8. The molecule has 1 heterocycles. The topological polar surface area (TPSA) is 174 Å². The molecule has 0 aromatic carbocycles. The molecule has 1 aliphatic heterocycles. The number of aliphatic hydroxyl groups excluding tert-OH is 4. The number of aliphatic hydroxyl groups is 5. The predicted octanol–water partition coefficient (Wildman–Crippen LogP) is -3.44. The van der Waals surface area contributed by atoms with E-state index in [9.17, 15) is 30.0 Å². The Morgan fingerprint density at radius 2 is 2.00 bits per heavy atom. The molecule has 0 aliphatic carbocycles. The van der Waals surface area contributed by atoms with Crippen LogP contribution in [0.3, 0.4) is 0 Å². The number of aliphatic carboxylic acids is 1. The lowest BCUT2D eigenvalue weighted by atomic mass is 9.90. The Morgan fingerprint density at radius 3 is 2.43 bits per heavy atom. The monoisotopic (exact) mass is 310 g/mol. The van der Waals surface area contributed by atoms with Crippen LogP contribution in [0.2, 0.25) is 0 Å². The SMILES string of the molecule is CC(=O)O[C@H]1[C@H]([C@H](O)[C@H](O)CO)OC(O)(C(=O)O)C[C@@H]1O. The molecule has 10 nitrogen and oxygen atoms in total. The molecule has 10 heteroatoms. The molecule has 6 N–H and O–H groups in total. The van der Waals surface area contributed by atoms with E-state index in [0.717, 1.165) is 6.92 Å². The van der Waals surface area contributed by atoms with Crippen molar-refractivity contribution in [1.29, 1.82) is 0 Å². The van der Waals surface area contributed by atoms with Gasteiger partial charge < -0.3 is 40.1 Å². The molecular weight excluding hydrogens is 292 g/mol. The number of ether oxygens (including phenoxy) is 2. The van der Waals surface area contributed by atoms with E-state index in [1.807, 2.05) is 0 Å². The Morgan fingerprint density at radius 1 is 1.43 bits per heavy atom. The average Bonchev–Trinajstić information content (AvgIpc) is 2.39. The lowest BCUT2D eigenvalue weighted by Crippen LogP contribution is -2.64. The van der Waals surface area contributed by atoms with E-state index >= 15 is 0 Å². The largest absolute Gasteiger partial charge is 0.477 e. The van der Waals surface area contributed by atoms with Gasteiger partial charge in [-0.3, -0.25) is 4.79 Å². The molecule has 122 valence electrons. The van der Waals surface area contributed by atoms with E-state index in [0.29, 0.717) is 0 Å². The molecule has 1 saturated heterocycles. The van der Waals surface area contributed by atoms with Crippen LogP contribution in [-0.4, -0.2) is 85.5 Å². The maximum Gasteiger partial charge on any atom is 0.364 e. The van der Waals surface area contributed by atoms with Gasteiger partial charge in [0.2, 0.25) is 0 Å². The van der Waals surface area contributed by atoms with Gasteiger partial charge in [0, 0.05) is 13.3 Å². The van der Waals surface area contributed by atoms with Crippen LogP contribution in [0.25, 0.3) is 0 Å². The minimum absolute atomic E-state index is 0.807. The zero-order valence-electron chi connectivity index (χ0n) is 11.1. The molecule has 0 aromatic heterocycles. The summed E-state index contributed by atoms with van der Waals surface area (Å²) in [6.07, 6.45) is -9.39. The van der Waals surface area contributed by atoms with Crippen molar-refractivity contribution in [2.45, 2.75) is 49.7 Å². The molecule has 1 fully saturated rings. The number of hydrogen-bond acceptors (Lipinski definition) is 9. The van der Waals surface area contributed by atoms with Gasteiger partial charge in [0.05, 0.1) is 12.7 Å². The third kappa shape index (κ3) is 3.87. The fourth-order valence-electron chi connectivity index (χ4n) is 2.02. The maximum absolute atomic E-state index is 11.0. The van der Waals surface area contributed by atoms with E-state index < -0.39 is 61.3 Å². The van der Waals surface area contributed by atoms with E-state index in [4.69, 9.17) is 19.7 Å². The fraction of sp³-hybridized carbons (Fsp3) is 0.818. The molecule has 21 heavy (non-hydrogen) atoms. The van der Waals surface area contributed by atoms with Gasteiger partial charge in [0.1, 0.15) is 18.3 Å². The zero-order chi connectivity index (χ0) is 16.4. The number of carbonyl (C=O) groups excluding carboxylic acids is 1. The van der Waals surface area contributed by atoms with E-state index in [-0.39, 0.29) is 0 Å². The van der Waals surface area contributed by atoms with Crippen molar-refractivity contribution in [2.24, 2.45) is 0 Å². The zero-order valence-corrected chi connectivity index (χ0v) is 11.1. The second-order valence-corrected chi connectivity index (χ2v) is 4.76. The predicted molar refractivity (Wildman–Crippen MR) is 62.7 cm³/mol. The van der Waals surface area contributed by atoms with Crippen molar-refractivity contribution in [1.82, 2.24) is 0 Å². The van der Waals surface area contributed by atoms with Gasteiger partial charge in [-0.25, -0.2) is 4.79 Å². The minimum atomic E-state index is -2.82. The molecule has 0 radical (unpaired) electrons. The number of carboxylic acid groups (broad SMARTS) is 1. The molecule has 0 aromatic rings. The van der Waals surface area contributed by atoms with Crippen LogP contribution in [0.1, 0.15) is 13.3 Å². The van der Waals surface area contributed by atoms with Gasteiger partial charge in [-0.15, -0.1) is 0 Å². The van der Waals surface area contributed by atoms with E-state index in [2.05, 4.69) is 0 Å². The summed E-state index contributed by atoms with van der Waals surface area (Å²) in [5.74, 6) is -5.49.